The Morgan fingerprint density at radius 3 is 2.93 bits per heavy atom. The zero-order valence-corrected chi connectivity index (χ0v) is 9.62. The maximum Gasteiger partial charge on any atom is 0.144 e. The van der Waals surface area contributed by atoms with Gasteiger partial charge >= 0.3 is 0 Å². The van der Waals surface area contributed by atoms with E-state index in [1.54, 1.807) is 26.5 Å². The maximum atomic E-state index is 4.13. The Morgan fingerprint density at radius 2 is 2.36 bits per heavy atom. The Labute approximate surface area is 91.3 Å². The van der Waals surface area contributed by atoms with Gasteiger partial charge in [0, 0.05) is 24.8 Å². The fourth-order valence-electron chi connectivity index (χ4n) is 0.873. The van der Waals surface area contributed by atoms with Crippen LogP contribution in [0.5, 0.6) is 0 Å². The first-order valence-electron chi connectivity index (χ1n) is 4.04. The zero-order valence-electron chi connectivity index (χ0n) is 8.03. The molecule has 0 amide bonds. The highest BCUT2D eigenvalue weighted by molar-refractivity contribution is 9.10. The standard InChI is InChI=1S/C9H11BrN4/c1-11-6-9(12-2)14-8-5-7(10)3-4-13-8/h3-6H,1-2H3,(H,12,13,14). The predicted molar refractivity (Wildman–Crippen MR) is 63.3 cm³/mol. The van der Waals surface area contributed by atoms with Gasteiger partial charge in [-0.05, 0) is 12.1 Å². The number of amidine groups is 1. The van der Waals surface area contributed by atoms with E-state index in [1.807, 2.05) is 12.1 Å². The van der Waals surface area contributed by atoms with Crippen LogP contribution in [-0.4, -0.2) is 31.1 Å². The van der Waals surface area contributed by atoms with Crippen molar-refractivity contribution in [3.8, 4) is 0 Å². The number of hydrogen-bond acceptors (Lipinski definition) is 3. The van der Waals surface area contributed by atoms with Gasteiger partial charge in [0.15, 0.2) is 0 Å². The molecule has 1 N–H and O–H groups in total. The summed E-state index contributed by atoms with van der Waals surface area (Å²) in [5.74, 6) is 1.41. The molecule has 5 heteroatoms. The molecule has 74 valence electrons. The SMILES string of the molecule is CN=CC(=NC)Nc1cc(Br)ccn1. The molecule has 0 aliphatic carbocycles. The molecule has 0 spiro atoms. The minimum atomic E-state index is 0.679. The molecule has 0 saturated heterocycles. The number of pyridine rings is 1. The first kappa shape index (κ1) is 10.8. The summed E-state index contributed by atoms with van der Waals surface area (Å²) in [4.78, 5) is 12.0. The quantitative estimate of drug-likeness (QED) is 0.649. The molecule has 0 fully saturated rings. The number of aromatic nitrogens is 1. The fourth-order valence-corrected chi connectivity index (χ4v) is 1.21. The second kappa shape index (κ2) is 5.49. The molecule has 1 aromatic heterocycles. The molecule has 0 aromatic carbocycles. The fraction of sp³-hybridized carbons (Fsp3) is 0.222. The van der Waals surface area contributed by atoms with E-state index in [4.69, 9.17) is 0 Å². The molecular formula is C9H11BrN4. The van der Waals surface area contributed by atoms with Crippen molar-refractivity contribution in [2.75, 3.05) is 19.4 Å². The van der Waals surface area contributed by atoms with Crippen LogP contribution in [0, 0.1) is 0 Å². The number of aliphatic imine (C=N–C) groups is 2. The summed E-state index contributed by atoms with van der Waals surface area (Å²) in [6.45, 7) is 0. The average Bonchev–Trinajstić information content (AvgIpc) is 2.17. The minimum Gasteiger partial charge on any atom is -0.324 e. The minimum absolute atomic E-state index is 0.679. The largest absolute Gasteiger partial charge is 0.324 e. The van der Waals surface area contributed by atoms with Gasteiger partial charge < -0.3 is 5.32 Å². The number of nitrogens with one attached hydrogen (secondary N) is 1. The molecule has 4 nitrogen and oxygen atoms in total. The van der Waals surface area contributed by atoms with Gasteiger partial charge in [0.1, 0.15) is 11.7 Å². The molecule has 0 atom stereocenters. The van der Waals surface area contributed by atoms with Crippen LogP contribution < -0.4 is 5.32 Å². The van der Waals surface area contributed by atoms with Crippen molar-refractivity contribution < 1.29 is 0 Å². The van der Waals surface area contributed by atoms with Crippen LogP contribution in [-0.2, 0) is 0 Å². The molecule has 0 aliphatic heterocycles. The van der Waals surface area contributed by atoms with E-state index in [0.29, 0.717) is 5.84 Å². The molecule has 1 heterocycles. The Kier molecular flexibility index (Phi) is 4.25. The Bertz CT molecular complexity index is 360. The van der Waals surface area contributed by atoms with Crippen LogP contribution in [0.15, 0.2) is 32.8 Å². The van der Waals surface area contributed by atoms with E-state index in [2.05, 4.69) is 36.2 Å². The van der Waals surface area contributed by atoms with Gasteiger partial charge in [0.2, 0.25) is 0 Å². The van der Waals surface area contributed by atoms with Crippen LogP contribution >= 0.6 is 15.9 Å². The summed E-state index contributed by atoms with van der Waals surface area (Å²) in [7, 11) is 3.39. The van der Waals surface area contributed by atoms with Crippen LogP contribution in [0.1, 0.15) is 0 Å². The van der Waals surface area contributed by atoms with Gasteiger partial charge in [0.05, 0.1) is 6.21 Å². The van der Waals surface area contributed by atoms with E-state index in [0.717, 1.165) is 10.3 Å². The average molecular weight is 255 g/mol. The van der Waals surface area contributed by atoms with E-state index >= 15 is 0 Å². The number of hydrogen-bond donors (Lipinski definition) is 1. The molecule has 0 bridgehead atoms. The summed E-state index contributed by atoms with van der Waals surface area (Å²) in [6.07, 6.45) is 3.35. The lowest BCUT2D eigenvalue weighted by Crippen LogP contribution is -2.14. The number of nitrogens with zero attached hydrogens (tertiary/aromatic N) is 3. The van der Waals surface area contributed by atoms with Crippen molar-refractivity contribution in [2.24, 2.45) is 9.98 Å². The molecule has 0 saturated carbocycles. The lowest BCUT2D eigenvalue weighted by molar-refractivity contribution is 1.30. The second-order valence-corrected chi connectivity index (χ2v) is 3.40. The number of halogens is 1. The van der Waals surface area contributed by atoms with Crippen LogP contribution in [0.25, 0.3) is 0 Å². The molecule has 0 aliphatic rings. The molecular weight excluding hydrogens is 244 g/mol. The van der Waals surface area contributed by atoms with Crippen molar-refractivity contribution in [3.63, 3.8) is 0 Å². The summed E-state index contributed by atoms with van der Waals surface area (Å²) < 4.78 is 0.971. The number of anilines is 1. The van der Waals surface area contributed by atoms with Gasteiger partial charge in [-0.3, -0.25) is 9.98 Å². The lowest BCUT2D eigenvalue weighted by Gasteiger charge is -2.03. The zero-order chi connectivity index (χ0) is 10.4. The third-order valence-electron chi connectivity index (χ3n) is 1.47. The Morgan fingerprint density at radius 1 is 1.57 bits per heavy atom. The van der Waals surface area contributed by atoms with Crippen LogP contribution in [0.3, 0.4) is 0 Å². The highest BCUT2D eigenvalue weighted by atomic mass is 79.9. The number of rotatable bonds is 2. The van der Waals surface area contributed by atoms with Gasteiger partial charge in [-0.15, -0.1) is 0 Å². The van der Waals surface area contributed by atoms with E-state index in [9.17, 15) is 0 Å². The summed E-state index contributed by atoms with van der Waals surface area (Å²) in [5.41, 5.74) is 0. The van der Waals surface area contributed by atoms with Crippen molar-refractivity contribution in [1.82, 2.24) is 4.98 Å². The Balaban J connectivity index is 2.77. The van der Waals surface area contributed by atoms with E-state index < -0.39 is 0 Å². The van der Waals surface area contributed by atoms with E-state index in [-0.39, 0.29) is 0 Å². The topological polar surface area (TPSA) is 49.6 Å². The van der Waals surface area contributed by atoms with Crippen LogP contribution in [0.4, 0.5) is 5.82 Å². The summed E-state index contributed by atoms with van der Waals surface area (Å²) in [5, 5.41) is 3.03. The third-order valence-corrected chi connectivity index (χ3v) is 1.96. The first-order valence-corrected chi connectivity index (χ1v) is 4.83. The summed E-state index contributed by atoms with van der Waals surface area (Å²) in [6, 6.07) is 3.73. The maximum absolute atomic E-state index is 4.13. The van der Waals surface area contributed by atoms with Gasteiger partial charge in [-0.2, -0.15) is 0 Å². The van der Waals surface area contributed by atoms with E-state index in [1.165, 1.54) is 0 Å². The van der Waals surface area contributed by atoms with Gasteiger partial charge in [-0.1, -0.05) is 15.9 Å². The lowest BCUT2D eigenvalue weighted by atomic mass is 10.4. The Hall–Kier alpha value is -1.23. The van der Waals surface area contributed by atoms with Crippen molar-refractivity contribution in [2.45, 2.75) is 0 Å². The normalized spacial score (nSPS) is 12.1. The predicted octanol–water partition coefficient (Wildman–Crippen LogP) is 1.98. The van der Waals surface area contributed by atoms with Gasteiger partial charge in [-0.25, -0.2) is 4.98 Å². The highest BCUT2D eigenvalue weighted by Crippen LogP contribution is 2.12. The highest BCUT2D eigenvalue weighted by Gasteiger charge is 1.97. The van der Waals surface area contributed by atoms with Crippen LogP contribution in [0.2, 0.25) is 0 Å². The third kappa shape index (κ3) is 3.26. The van der Waals surface area contributed by atoms with Gasteiger partial charge in [0.25, 0.3) is 0 Å². The molecule has 14 heavy (non-hydrogen) atoms. The molecule has 1 rings (SSSR count). The van der Waals surface area contributed by atoms with Crippen molar-refractivity contribution >= 4 is 33.8 Å². The smallest absolute Gasteiger partial charge is 0.144 e. The second-order valence-electron chi connectivity index (χ2n) is 2.48. The molecule has 0 radical (unpaired) electrons. The molecule has 1 aromatic rings. The van der Waals surface area contributed by atoms with Crippen molar-refractivity contribution in [3.05, 3.63) is 22.8 Å². The molecule has 0 unspecified atom stereocenters. The van der Waals surface area contributed by atoms with Crippen molar-refractivity contribution in [1.29, 1.82) is 0 Å². The summed E-state index contributed by atoms with van der Waals surface area (Å²) >= 11 is 3.36. The monoisotopic (exact) mass is 254 g/mol. The first-order chi connectivity index (χ1) is 6.76.